The molecule has 0 saturated carbocycles. The first-order valence-electron chi connectivity index (χ1n) is 12.0. The number of esters is 1. The van der Waals surface area contributed by atoms with E-state index in [9.17, 15) is 9.59 Å². The van der Waals surface area contributed by atoms with Crippen LogP contribution in [0.15, 0.2) is 90.0 Å². The molecule has 5 aromatic rings. The van der Waals surface area contributed by atoms with Crippen LogP contribution in [0.3, 0.4) is 0 Å². The second kappa shape index (κ2) is 11.6. The van der Waals surface area contributed by atoms with Crippen LogP contribution in [-0.2, 0) is 4.79 Å². The molecule has 4 aromatic carbocycles. The van der Waals surface area contributed by atoms with Crippen LogP contribution in [0.5, 0.6) is 17.2 Å². The summed E-state index contributed by atoms with van der Waals surface area (Å²) in [4.78, 5) is 25.6. The van der Waals surface area contributed by atoms with Gasteiger partial charge in [0.05, 0.1) is 18.3 Å². The molecule has 1 aromatic heterocycles. The lowest BCUT2D eigenvalue weighted by Gasteiger charge is -2.13. The topological polar surface area (TPSA) is 86.2 Å². The fourth-order valence-corrected chi connectivity index (χ4v) is 5.28. The fraction of sp³-hybridized carbons (Fsp3) is 0.100. The lowest BCUT2D eigenvalue weighted by molar-refractivity contribution is -0.127. The number of halogens is 1. The minimum atomic E-state index is -0.764. The highest BCUT2D eigenvalue weighted by Crippen LogP contribution is 2.37. The maximum absolute atomic E-state index is 12.8. The van der Waals surface area contributed by atoms with E-state index in [2.05, 4.69) is 10.5 Å². The van der Waals surface area contributed by atoms with E-state index in [1.807, 2.05) is 66.7 Å². The Balaban J connectivity index is 1.21. The molecule has 0 aliphatic carbocycles. The third-order valence-electron chi connectivity index (χ3n) is 5.90. The normalized spacial score (nSPS) is 12.0. The van der Waals surface area contributed by atoms with Gasteiger partial charge >= 0.3 is 5.97 Å². The van der Waals surface area contributed by atoms with Crippen molar-refractivity contribution >= 4 is 61.9 Å². The number of hydrogen-bond acceptors (Lipinski definition) is 7. The van der Waals surface area contributed by atoms with Gasteiger partial charge in [-0.1, -0.05) is 60.1 Å². The second-order valence-electron chi connectivity index (χ2n) is 8.54. The van der Waals surface area contributed by atoms with Gasteiger partial charge in [0.15, 0.2) is 17.6 Å². The zero-order chi connectivity index (χ0) is 27.4. The first kappa shape index (κ1) is 26.2. The molecule has 1 heterocycles. The van der Waals surface area contributed by atoms with E-state index in [1.54, 1.807) is 25.1 Å². The van der Waals surface area contributed by atoms with Gasteiger partial charge in [0.1, 0.15) is 10.6 Å². The summed E-state index contributed by atoms with van der Waals surface area (Å²) in [6, 6.07) is 26.0. The van der Waals surface area contributed by atoms with Crippen molar-refractivity contribution in [3.05, 3.63) is 100 Å². The van der Waals surface area contributed by atoms with Crippen LogP contribution in [0.25, 0.3) is 20.9 Å². The molecule has 7 nitrogen and oxygen atoms in total. The number of amides is 1. The highest BCUT2D eigenvalue weighted by Gasteiger charge is 2.20. The molecule has 0 bridgehead atoms. The Kier molecular flexibility index (Phi) is 7.76. The fourth-order valence-electron chi connectivity index (χ4n) is 3.90. The van der Waals surface area contributed by atoms with Gasteiger partial charge in [-0.3, -0.25) is 4.79 Å². The zero-order valence-corrected chi connectivity index (χ0v) is 22.6. The second-order valence-corrected chi connectivity index (χ2v) is 9.97. The predicted octanol–water partition coefficient (Wildman–Crippen LogP) is 6.85. The summed E-state index contributed by atoms with van der Waals surface area (Å²) in [5, 5.41) is 7.29. The lowest BCUT2D eigenvalue weighted by atomic mass is 10.1. The average molecular weight is 559 g/mol. The number of nitrogens with zero attached hydrogens (tertiary/aromatic N) is 1. The summed E-state index contributed by atoms with van der Waals surface area (Å²) in [5.41, 5.74) is 3.10. The molecule has 0 spiro atoms. The Morgan fingerprint density at radius 1 is 0.949 bits per heavy atom. The largest absolute Gasteiger partial charge is 0.493 e. The number of rotatable bonds is 8. The van der Waals surface area contributed by atoms with Gasteiger partial charge in [0.25, 0.3) is 5.91 Å². The van der Waals surface area contributed by atoms with Gasteiger partial charge in [-0.25, -0.2) is 10.2 Å². The van der Waals surface area contributed by atoms with Crippen LogP contribution >= 0.6 is 22.9 Å². The highest BCUT2D eigenvalue weighted by atomic mass is 35.5. The Labute approximate surface area is 233 Å². The molecule has 5 rings (SSSR count). The zero-order valence-electron chi connectivity index (χ0n) is 21.0. The van der Waals surface area contributed by atoms with Crippen molar-refractivity contribution in [1.29, 1.82) is 0 Å². The lowest BCUT2D eigenvalue weighted by Crippen LogP contribution is -2.33. The molecule has 39 heavy (non-hydrogen) atoms. The van der Waals surface area contributed by atoms with Crippen molar-refractivity contribution in [2.24, 2.45) is 5.10 Å². The summed E-state index contributed by atoms with van der Waals surface area (Å²) in [7, 11) is 1.47. The van der Waals surface area contributed by atoms with Crippen LogP contribution in [0.4, 0.5) is 0 Å². The summed E-state index contributed by atoms with van der Waals surface area (Å²) in [5.74, 6) is 0.163. The Morgan fingerprint density at radius 3 is 2.51 bits per heavy atom. The number of carbonyl (C=O) groups is 2. The molecule has 1 amide bonds. The first-order valence-corrected chi connectivity index (χ1v) is 13.2. The number of fused-ring (bicyclic) bond motifs is 2. The molecule has 1 atom stereocenters. The molecule has 0 aliphatic heterocycles. The Bertz CT molecular complexity index is 1710. The molecule has 0 radical (unpaired) electrons. The third kappa shape index (κ3) is 5.87. The van der Waals surface area contributed by atoms with E-state index in [-0.39, 0.29) is 5.75 Å². The van der Waals surface area contributed by atoms with Crippen molar-refractivity contribution in [3.63, 3.8) is 0 Å². The van der Waals surface area contributed by atoms with Gasteiger partial charge in [-0.15, -0.1) is 11.3 Å². The molecular weight excluding hydrogens is 536 g/mol. The summed E-state index contributed by atoms with van der Waals surface area (Å²) in [6.45, 7) is 1.65. The Morgan fingerprint density at radius 2 is 1.72 bits per heavy atom. The number of nitrogens with one attached hydrogen (secondary N) is 1. The van der Waals surface area contributed by atoms with E-state index in [0.29, 0.717) is 27.0 Å². The SMILES string of the molecule is COc1cc(/C=N/NC(=O)C(C)Oc2ccc3ccccc3c2)ccc1OC(=O)c1sc2ccccc2c1Cl. The number of hydrazone groups is 1. The smallest absolute Gasteiger partial charge is 0.355 e. The van der Waals surface area contributed by atoms with Gasteiger partial charge in [0, 0.05) is 10.1 Å². The van der Waals surface area contributed by atoms with Crippen LogP contribution in [0.2, 0.25) is 5.02 Å². The van der Waals surface area contributed by atoms with Crippen molar-refractivity contribution in [2.45, 2.75) is 13.0 Å². The van der Waals surface area contributed by atoms with Gasteiger partial charge in [0.2, 0.25) is 0 Å². The summed E-state index contributed by atoms with van der Waals surface area (Å²) >= 11 is 7.67. The third-order valence-corrected chi connectivity index (χ3v) is 7.56. The Hall–Kier alpha value is -4.40. The molecule has 0 aliphatic rings. The molecule has 1 N–H and O–H groups in total. The van der Waals surface area contributed by atoms with Crippen molar-refractivity contribution in [2.75, 3.05) is 7.11 Å². The van der Waals surface area contributed by atoms with Crippen LogP contribution in [-0.4, -0.2) is 31.3 Å². The van der Waals surface area contributed by atoms with E-state index >= 15 is 0 Å². The van der Waals surface area contributed by atoms with Gasteiger partial charge in [-0.05, 0) is 59.7 Å². The number of hydrogen-bond donors (Lipinski definition) is 1. The molecule has 0 fully saturated rings. The standard InChI is InChI=1S/C30H23ClN2O5S/c1-18(37-22-13-12-20-7-3-4-8-21(20)16-22)29(34)33-32-17-19-11-14-24(25(15-19)36-2)38-30(35)28-27(31)23-9-5-6-10-26(23)39-28/h3-18H,1-2H3,(H,33,34)/b32-17+. The van der Waals surface area contributed by atoms with E-state index in [4.69, 9.17) is 25.8 Å². The van der Waals surface area contributed by atoms with E-state index < -0.39 is 18.0 Å². The maximum atomic E-state index is 12.8. The molecule has 1 unspecified atom stereocenters. The number of ether oxygens (including phenoxy) is 3. The van der Waals surface area contributed by atoms with Crippen LogP contribution < -0.4 is 19.6 Å². The van der Waals surface area contributed by atoms with Crippen LogP contribution in [0, 0.1) is 0 Å². The monoisotopic (exact) mass is 558 g/mol. The number of methoxy groups -OCH3 is 1. The minimum absolute atomic E-state index is 0.231. The van der Waals surface area contributed by atoms with E-state index in [0.717, 1.165) is 20.9 Å². The number of thiophene rings is 1. The van der Waals surface area contributed by atoms with Crippen molar-refractivity contribution in [3.8, 4) is 17.2 Å². The van der Waals surface area contributed by atoms with Crippen molar-refractivity contribution < 1.29 is 23.8 Å². The van der Waals surface area contributed by atoms with Crippen LogP contribution in [0.1, 0.15) is 22.2 Å². The van der Waals surface area contributed by atoms with Gasteiger partial charge < -0.3 is 14.2 Å². The highest BCUT2D eigenvalue weighted by molar-refractivity contribution is 7.21. The average Bonchev–Trinajstić information content (AvgIpc) is 3.30. The number of carbonyl (C=O) groups excluding carboxylic acids is 2. The first-order chi connectivity index (χ1) is 18.9. The summed E-state index contributed by atoms with van der Waals surface area (Å²) in [6.07, 6.45) is 0.692. The van der Waals surface area contributed by atoms with Crippen molar-refractivity contribution in [1.82, 2.24) is 5.43 Å². The summed E-state index contributed by atoms with van der Waals surface area (Å²) < 4.78 is 17.6. The maximum Gasteiger partial charge on any atom is 0.355 e. The minimum Gasteiger partial charge on any atom is -0.493 e. The molecule has 9 heteroatoms. The number of benzene rings is 4. The quantitative estimate of drug-likeness (QED) is 0.0973. The van der Waals surface area contributed by atoms with E-state index in [1.165, 1.54) is 24.7 Å². The molecule has 0 saturated heterocycles. The predicted molar refractivity (Wildman–Crippen MR) is 155 cm³/mol. The molecular formula is C30H23ClN2O5S. The molecule has 196 valence electrons. The van der Waals surface area contributed by atoms with Gasteiger partial charge in [-0.2, -0.15) is 5.10 Å².